The number of fused-ring (bicyclic) bond motifs is 1. The van der Waals surface area contributed by atoms with Crippen molar-refractivity contribution in [3.05, 3.63) is 89.3 Å². The van der Waals surface area contributed by atoms with Crippen LogP contribution in [0, 0.1) is 0 Å². The smallest absolute Gasteiger partial charge is 0.347 e. The van der Waals surface area contributed by atoms with Gasteiger partial charge < -0.3 is 14.5 Å². The SMILES string of the molecule is CCC(Oc1ccccc1)C(=O)Nc1cccc(-c2nc3ccccc3c(=O)o2)c1. The zero-order chi connectivity index (χ0) is 20.9. The first-order chi connectivity index (χ1) is 14.6. The van der Waals surface area contributed by atoms with Crippen molar-refractivity contribution in [1.29, 1.82) is 0 Å². The van der Waals surface area contributed by atoms with Gasteiger partial charge in [0.15, 0.2) is 6.10 Å². The number of ether oxygens (including phenoxy) is 1. The van der Waals surface area contributed by atoms with Crippen LogP contribution in [-0.4, -0.2) is 17.0 Å². The summed E-state index contributed by atoms with van der Waals surface area (Å²) in [5, 5.41) is 3.29. The second-order valence-electron chi connectivity index (χ2n) is 6.72. The van der Waals surface area contributed by atoms with E-state index in [1.54, 1.807) is 42.5 Å². The van der Waals surface area contributed by atoms with Crippen molar-refractivity contribution in [1.82, 2.24) is 4.98 Å². The second kappa shape index (κ2) is 8.61. The lowest BCUT2D eigenvalue weighted by Gasteiger charge is -2.17. The number of hydrogen-bond donors (Lipinski definition) is 1. The summed E-state index contributed by atoms with van der Waals surface area (Å²) >= 11 is 0. The second-order valence-corrected chi connectivity index (χ2v) is 6.72. The Morgan fingerprint density at radius 3 is 2.60 bits per heavy atom. The van der Waals surface area contributed by atoms with Crippen LogP contribution >= 0.6 is 0 Å². The lowest BCUT2D eigenvalue weighted by atomic mass is 10.1. The van der Waals surface area contributed by atoms with Crippen molar-refractivity contribution in [2.45, 2.75) is 19.4 Å². The van der Waals surface area contributed by atoms with Gasteiger partial charge in [0.25, 0.3) is 5.91 Å². The zero-order valence-corrected chi connectivity index (χ0v) is 16.4. The average molecular weight is 400 g/mol. The van der Waals surface area contributed by atoms with Gasteiger partial charge in [-0.25, -0.2) is 9.78 Å². The van der Waals surface area contributed by atoms with Gasteiger partial charge in [-0.2, -0.15) is 0 Å². The summed E-state index contributed by atoms with van der Waals surface area (Å²) in [6.45, 7) is 1.89. The van der Waals surface area contributed by atoms with E-state index in [2.05, 4.69) is 10.3 Å². The first-order valence-corrected chi connectivity index (χ1v) is 9.67. The first-order valence-electron chi connectivity index (χ1n) is 9.67. The summed E-state index contributed by atoms with van der Waals surface area (Å²) in [5.74, 6) is 0.573. The van der Waals surface area contributed by atoms with E-state index in [-0.39, 0.29) is 11.8 Å². The largest absolute Gasteiger partial charge is 0.481 e. The van der Waals surface area contributed by atoms with Crippen molar-refractivity contribution >= 4 is 22.5 Å². The summed E-state index contributed by atoms with van der Waals surface area (Å²) in [5.41, 5.74) is 1.26. The van der Waals surface area contributed by atoms with Gasteiger partial charge >= 0.3 is 5.63 Å². The number of nitrogens with one attached hydrogen (secondary N) is 1. The molecule has 0 radical (unpaired) electrons. The maximum absolute atomic E-state index is 12.7. The van der Waals surface area contributed by atoms with E-state index >= 15 is 0 Å². The van der Waals surface area contributed by atoms with Crippen LogP contribution < -0.4 is 15.7 Å². The molecule has 0 aliphatic rings. The molecule has 150 valence electrons. The van der Waals surface area contributed by atoms with E-state index in [1.165, 1.54) is 0 Å². The molecule has 3 aromatic carbocycles. The van der Waals surface area contributed by atoms with Gasteiger partial charge in [-0.3, -0.25) is 4.79 Å². The highest BCUT2D eigenvalue weighted by atomic mass is 16.5. The minimum atomic E-state index is -0.632. The molecule has 1 unspecified atom stereocenters. The third kappa shape index (κ3) is 4.22. The highest BCUT2D eigenvalue weighted by molar-refractivity contribution is 5.94. The number of rotatable bonds is 6. The Morgan fingerprint density at radius 2 is 1.80 bits per heavy atom. The number of aromatic nitrogens is 1. The maximum atomic E-state index is 12.7. The molecule has 0 bridgehead atoms. The Hall–Kier alpha value is -3.93. The number of hydrogen-bond acceptors (Lipinski definition) is 5. The highest BCUT2D eigenvalue weighted by Crippen LogP contribution is 2.22. The Bertz CT molecular complexity index is 1230. The van der Waals surface area contributed by atoms with Crippen LogP contribution in [0.4, 0.5) is 5.69 Å². The number of carbonyl (C=O) groups is 1. The van der Waals surface area contributed by atoms with E-state index in [1.807, 2.05) is 43.3 Å². The normalized spacial score (nSPS) is 11.8. The molecule has 0 aliphatic carbocycles. The van der Waals surface area contributed by atoms with Gasteiger partial charge in [-0.1, -0.05) is 43.3 Å². The molecule has 0 saturated heterocycles. The van der Waals surface area contributed by atoms with Gasteiger partial charge in [0, 0.05) is 11.3 Å². The fourth-order valence-corrected chi connectivity index (χ4v) is 3.08. The van der Waals surface area contributed by atoms with Gasteiger partial charge in [-0.15, -0.1) is 0 Å². The number of anilines is 1. The molecular weight excluding hydrogens is 380 g/mol. The van der Waals surface area contributed by atoms with Crippen molar-refractivity contribution in [2.75, 3.05) is 5.32 Å². The minimum Gasteiger partial charge on any atom is -0.481 e. The number of nitrogens with zero attached hydrogens (tertiary/aromatic N) is 1. The molecule has 1 N–H and O–H groups in total. The van der Waals surface area contributed by atoms with E-state index in [9.17, 15) is 9.59 Å². The third-order valence-electron chi connectivity index (χ3n) is 4.60. The zero-order valence-electron chi connectivity index (χ0n) is 16.4. The number of benzene rings is 3. The quantitative estimate of drug-likeness (QED) is 0.509. The van der Waals surface area contributed by atoms with Gasteiger partial charge in [0.05, 0.1) is 10.9 Å². The summed E-state index contributed by atoms with van der Waals surface area (Å²) < 4.78 is 11.2. The average Bonchev–Trinajstić information content (AvgIpc) is 2.78. The van der Waals surface area contributed by atoms with Crippen LogP contribution in [0.3, 0.4) is 0 Å². The highest BCUT2D eigenvalue weighted by Gasteiger charge is 2.19. The van der Waals surface area contributed by atoms with E-state index in [4.69, 9.17) is 9.15 Å². The van der Waals surface area contributed by atoms with E-state index in [0.717, 1.165) is 0 Å². The number of para-hydroxylation sites is 2. The first kappa shape index (κ1) is 19.4. The third-order valence-corrected chi connectivity index (χ3v) is 4.60. The molecule has 6 nitrogen and oxygen atoms in total. The standard InChI is InChI=1S/C24H20N2O4/c1-2-21(29-18-11-4-3-5-12-18)22(27)25-17-10-8-9-16(15-17)23-26-20-14-7-6-13-19(20)24(28)30-23/h3-15,21H,2H2,1H3,(H,25,27). The fourth-order valence-electron chi connectivity index (χ4n) is 3.08. The molecule has 1 heterocycles. The molecule has 0 aliphatic heterocycles. The van der Waals surface area contributed by atoms with Crippen LogP contribution in [0.1, 0.15) is 13.3 Å². The van der Waals surface area contributed by atoms with Gasteiger partial charge in [0.2, 0.25) is 5.89 Å². The van der Waals surface area contributed by atoms with Gasteiger partial charge in [0.1, 0.15) is 5.75 Å². The molecule has 1 aromatic heterocycles. The van der Waals surface area contributed by atoms with Crippen LogP contribution in [-0.2, 0) is 4.79 Å². The van der Waals surface area contributed by atoms with Crippen LogP contribution in [0.15, 0.2) is 88.1 Å². The molecule has 0 fully saturated rings. The molecule has 0 saturated carbocycles. The lowest BCUT2D eigenvalue weighted by Crippen LogP contribution is -2.32. The molecule has 0 spiro atoms. The Balaban J connectivity index is 1.56. The monoisotopic (exact) mass is 400 g/mol. The summed E-state index contributed by atoms with van der Waals surface area (Å²) in [4.78, 5) is 29.4. The number of amides is 1. The summed E-state index contributed by atoms with van der Waals surface area (Å²) in [7, 11) is 0. The summed E-state index contributed by atoms with van der Waals surface area (Å²) in [6.07, 6.45) is -0.116. The van der Waals surface area contributed by atoms with Gasteiger partial charge in [-0.05, 0) is 48.9 Å². The fraction of sp³-hybridized carbons (Fsp3) is 0.125. The molecule has 4 aromatic rings. The predicted octanol–water partition coefficient (Wildman–Crippen LogP) is 4.65. The Morgan fingerprint density at radius 1 is 1.03 bits per heavy atom. The molecule has 1 atom stereocenters. The Kier molecular flexibility index (Phi) is 5.57. The van der Waals surface area contributed by atoms with Crippen molar-refractivity contribution in [3.8, 4) is 17.2 Å². The molecule has 4 rings (SSSR count). The number of carbonyl (C=O) groups excluding carboxylic acids is 1. The van der Waals surface area contributed by atoms with Crippen LogP contribution in [0.5, 0.6) is 5.75 Å². The summed E-state index contributed by atoms with van der Waals surface area (Å²) in [6, 6.07) is 23.2. The van der Waals surface area contributed by atoms with E-state index in [0.29, 0.717) is 34.3 Å². The van der Waals surface area contributed by atoms with Crippen LogP contribution in [0.25, 0.3) is 22.4 Å². The maximum Gasteiger partial charge on any atom is 0.347 e. The van der Waals surface area contributed by atoms with E-state index < -0.39 is 11.7 Å². The van der Waals surface area contributed by atoms with Crippen LogP contribution in [0.2, 0.25) is 0 Å². The predicted molar refractivity (Wildman–Crippen MR) is 115 cm³/mol. The molecule has 6 heteroatoms. The minimum absolute atomic E-state index is 0.197. The van der Waals surface area contributed by atoms with Crippen molar-refractivity contribution in [3.63, 3.8) is 0 Å². The lowest BCUT2D eigenvalue weighted by molar-refractivity contribution is -0.122. The topological polar surface area (TPSA) is 81.4 Å². The van der Waals surface area contributed by atoms with Crippen molar-refractivity contribution < 1.29 is 13.9 Å². The molecular formula is C24H20N2O4. The Labute approximate surface area is 173 Å². The van der Waals surface area contributed by atoms with Crippen molar-refractivity contribution in [2.24, 2.45) is 0 Å². The molecule has 30 heavy (non-hydrogen) atoms. The molecule has 1 amide bonds.